The third-order valence-corrected chi connectivity index (χ3v) is 4.36. The normalized spacial score (nSPS) is 24.3. The molecule has 2 N–H and O–H groups in total. The molecule has 4 heteroatoms. The van der Waals surface area contributed by atoms with Crippen molar-refractivity contribution in [3.8, 4) is 0 Å². The number of nitrogens with zero attached hydrogens (tertiary/aromatic N) is 1. The molecule has 1 aromatic rings. The molecule has 102 valence electrons. The molecule has 1 atom stereocenters. The van der Waals surface area contributed by atoms with E-state index in [-0.39, 0.29) is 17.6 Å². The molecule has 1 aliphatic carbocycles. The maximum absolute atomic E-state index is 12.1. The van der Waals surface area contributed by atoms with Crippen molar-refractivity contribution >= 4 is 6.09 Å². The zero-order valence-corrected chi connectivity index (χ0v) is 11.0. The van der Waals surface area contributed by atoms with E-state index < -0.39 is 0 Å². The van der Waals surface area contributed by atoms with E-state index in [1.165, 1.54) is 0 Å². The van der Waals surface area contributed by atoms with E-state index in [0.717, 1.165) is 37.9 Å². The Bertz CT molecular complexity index is 456. The van der Waals surface area contributed by atoms with Gasteiger partial charge >= 0.3 is 6.09 Å². The average molecular weight is 260 g/mol. The minimum atomic E-state index is -0.206. The van der Waals surface area contributed by atoms with Gasteiger partial charge < -0.3 is 15.4 Å². The first kappa shape index (κ1) is 12.5. The van der Waals surface area contributed by atoms with Gasteiger partial charge in [0.25, 0.3) is 0 Å². The Balaban J connectivity index is 1.53. The third-order valence-electron chi connectivity index (χ3n) is 4.36. The molecule has 0 aromatic heterocycles. The van der Waals surface area contributed by atoms with Gasteiger partial charge in [0.05, 0.1) is 0 Å². The molecule has 3 rings (SSSR count). The summed E-state index contributed by atoms with van der Waals surface area (Å²) in [6.45, 7) is 1.83. The molecule has 19 heavy (non-hydrogen) atoms. The van der Waals surface area contributed by atoms with E-state index >= 15 is 0 Å². The summed E-state index contributed by atoms with van der Waals surface area (Å²) < 4.78 is 5.37. The quantitative estimate of drug-likeness (QED) is 0.886. The smallest absolute Gasteiger partial charge is 0.410 e. The zero-order valence-electron chi connectivity index (χ0n) is 11.0. The number of hydrogen-bond acceptors (Lipinski definition) is 3. The molecule has 1 amide bonds. The van der Waals surface area contributed by atoms with Crippen LogP contribution in [0.2, 0.25) is 0 Å². The van der Waals surface area contributed by atoms with Gasteiger partial charge in [0.2, 0.25) is 0 Å². The molecule has 1 aliphatic heterocycles. The van der Waals surface area contributed by atoms with E-state index in [0.29, 0.717) is 6.61 Å². The van der Waals surface area contributed by atoms with Gasteiger partial charge in [-0.25, -0.2) is 4.79 Å². The lowest BCUT2D eigenvalue weighted by Gasteiger charge is -2.36. The number of carbonyl (C=O) groups excluding carboxylic acids is 1. The maximum Gasteiger partial charge on any atom is 0.410 e. The number of rotatable bonds is 2. The second-order valence-corrected chi connectivity index (χ2v) is 5.72. The van der Waals surface area contributed by atoms with Gasteiger partial charge in [-0.2, -0.15) is 0 Å². The molecular formula is C15H20N2O2. The van der Waals surface area contributed by atoms with Crippen LogP contribution in [-0.4, -0.2) is 30.1 Å². The van der Waals surface area contributed by atoms with E-state index in [1.54, 1.807) is 0 Å². The topological polar surface area (TPSA) is 55.6 Å². The number of amides is 1. The predicted octanol–water partition coefficient (Wildman–Crippen LogP) is 2.14. The second kappa shape index (κ2) is 4.85. The molecule has 1 spiro atoms. The zero-order chi connectivity index (χ0) is 13.3. The van der Waals surface area contributed by atoms with E-state index in [1.807, 2.05) is 35.2 Å². The lowest BCUT2D eigenvalue weighted by Crippen LogP contribution is -2.50. The van der Waals surface area contributed by atoms with Gasteiger partial charge in [0, 0.05) is 24.5 Å². The van der Waals surface area contributed by atoms with Crippen LogP contribution in [0.5, 0.6) is 0 Å². The monoisotopic (exact) mass is 260 g/mol. The standard InChI is InChI=1S/C15H20N2O2/c16-13-6-9-17(11-15(13)7-8-15)14(18)19-10-12-4-2-1-3-5-12/h1-5,13H,6-11,16H2/t13-/m0/s1. The van der Waals surface area contributed by atoms with Gasteiger partial charge in [-0.1, -0.05) is 30.3 Å². The minimum absolute atomic E-state index is 0.198. The highest BCUT2D eigenvalue weighted by Gasteiger charge is 2.51. The molecule has 2 fully saturated rings. The first-order chi connectivity index (χ1) is 9.20. The van der Waals surface area contributed by atoms with Crippen LogP contribution in [0.25, 0.3) is 0 Å². The summed E-state index contributed by atoms with van der Waals surface area (Å²) in [5.74, 6) is 0. The molecule has 4 nitrogen and oxygen atoms in total. The Kier molecular flexibility index (Phi) is 3.19. The fourth-order valence-electron chi connectivity index (χ4n) is 2.83. The number of hydrogen-bond donors (Lipinski definition) is 1. The minimum Gasteiger partial charge on any atom is -0.445 e. The van der Waals surface area contributed by atoms with Gasteiger partial charge in [-0.05, 0) is 24.8 Å². The number of piperidine rings is 1. The number of nitrogens with two attached hydrogens (primary N) is 1. The molecular weight excluding hydrogens is 240 g/mol. The van der Waals surface area contributed by atoms with Crippen LogP contribution >= 0.6 is 0 Å². The second-order valence-electron chi connectivity index (χ2n) is 5.72. The molecule has 0 radical (unpaired) electrons. The highest BCUT2D eigenvalue weighted by atomic mass is 16.6. The molecule has 0 bridgehead atoms. The van der Waals surface area contributed by atoms with Crippen LogP contribution in [0.1, 0.15) is 24.8 Å². The fourth-order valence-corrected chi connectivity index (χ4v) is 2.83. The Morgan fingerprint density at radius 2 is 2.11 bits per heavy atom. The third kappa shape index (κ3) is 2.59. The summed E-state index contributed by atoms with van der Waals surface area (Å²) in [4.78, 5) is 13.9. The number of benzene rings is 1. The van der Waals surface area contributed by atoms with Crippen molar-refractivity contribution in [1.29, 1.82) is 0 Å². The maximum atomic E-state index is 12.1. The van der Waals surface area contributed by atoms with Crippen LogP contribution in [0.3, 0.4) is 0 Å². The number of likely N-dealkylation sites (tertiary alicyclic amines) is 1. The highest BCUT2D eigenvalue weighted by molar-refractivity contribution is 5.68. The Morgan fingerprint density at radius 1 is 1.37 bits per heavy atom. The summed E-state index contributed by atoms with van der Waals surface area (Å²) in [5, 5.41) is 0. The predicted molar refractivity (Wildman–Crippen MR) is 72.5 cm³/mol. The first-order valence-corrected chi connectivity index (χ1v) is 6.91. The van der Waals surface area contributed by atoms with Crippen molar-refractivity contribution in [3.63, 3.8) is 0 Å². The van der Waals surface area contributed by atoms with Crippen molar-refractivity contribution in [3.05, 3.63) is 35.9 Å². The van der Waals surface area contributed by atoms with Crippen LogP contribution in [0, 0.1) is 5.41 Å². The average Bonchev–Trinajstić information content (AvgIpc) is 3.21. The fraction of sp³-hybridized carbons (Fsp3) is 0.533. The van der Waals surface area contributed by atoms with Crippen LogP contribution in [0.15, 0.2) is 30.3 Å². The SMILES string of the molecule is N[C@H]1CCN(C(=O)OCc2ccccc2)CC12CC2. The summed E-state index contributed by atoms with van der Waals surface area (Å²) in [7, 11) is 0. The van der Waals surface area contributed by atoms with Crippen molar-refractivity contribution in [1.82, 2.24) is 4.90 Å². The number of ether oxygens (including phenoxy) is 1. The van der Waals surface area contributed by atoms with Gasteiger partial charge in [0.1, 0.15) is 6.61 Å². The lowest BCUT2D eigenvalue weighted by atomic mass is 9.90. The molecule has 1 saturated carbocycles. The summed E-state index contributed by atoms with van der Waals surface area (Å²) in [5.41, 5.74) is 7.34. The molecule has 1 saturated heterocycles. The molecule has 1 heterocycles. The van der Waals surface area contributed by atoms with Crippen LogP contribution < -0.4 is 5.73 Å². The molecule has 2 aliphatic rings. The highest BCUT2D eigenvalue weighted by Crippen LogP contribution is 2.51. The molecule has 0 unspecified atom stereocenters. The van der Waals surface area contributed by atoms with Gasteiger partial charge in [-0.3, -0.25) is 0 Å². The van der Waals surface area contributed by atoms with E-state index in [9.17, 15) is 4.79 Å². The van der Waals surface area contributed by atoms with E-state index in [4.69, 9.17) is 10.5 Å². The molecule has 1 aromatic carbocycles. The Labute approximate surface area is 113 Å². The lowest BCUT2D eigenvalue weighted by molar-refractivity contribution is 0.0704. The van der Waals surface area contributed by atoms with Crippen LogP contribution in [-0.2, 0) is 11.3 Å². The summed E-state index contributed by atoms with van der Waals surface area (Å²) in [6.07, 6.45) is 2.98. The van der Waals surface area contributed by atoms with Crippen molar-refractivity contribution in [2.24, 2.45) is 11.1 Å². The van der Waals surface area contributed by atoms with Crippen molar-refractivity contribution < 1.29 is 9.53 Å². The van der Waals surface area contributed by atoms with Crippen molar-refractivity contribution in [2.45, 2.75) is 31.9 Å². The summed E-state index contributed by atoms with van der Waals surface area (Å²) >= 11 is 0. The summed E-state index contributed by atoms with van der Waals surface area (Å²) in [6, 6.07) is 10.0. The number of carbonyl (C=O) groups is 1. The van der Waals surface area contributed by atoms with Gasteiger partial charge in [0.15, 0.2) is 0 Å². The van der Waals surface area contributed by atoms with Crippen molar-refractivity contribution in [2.75, 3.05) is 13.1 Å². The van der Waals surface area contributed by atoms with Crippen LogP contribution in [0.4, 0.5) is 4.79 Å². The Morgan fingerprint density at radius 3 is 2.79 bits per heavy atom. The van der Waals surface area contributed by atoms with Gasteiger partial charge in [-0.15, -0.1) is 0 Å². The largest absolute Gasteiger partial charge is 0.445 e. The first-order valence-electron chi connectivity index (χ1n) is 6.91. The Hall–Kier alpha value is -1.55. The van der Waals surface area contributed by atoms with E-state index in [2.05, 4.69) is 0 Å².